The molecule has 1 unspecified atom stereocenters. The number of nitrogens with zero attached hydrogens (tertiary/aromatic N) is 3. The topological polar surface area (TPSA) is 79.8 Å². The summed E-state index contributed by atoms with van der Waals surface area (Å²) in [7, 11) is 1.63. The van der Waals surface area contributed by atoms with Crippen LogP contribution in [0.1, 0.15) is 40.8 Å². The lowest BCUT2D eigenvalue weighted by atomic mass is 9.98. The van der Waals surface area contributed by atoms with Crippen LogP contribution >= 0.6 is 23.1 Å². The van der Waals surface area contributed by atoms with E-state index in [4.69, 9.17) is 4.74 Å². The molecule has 0 aliphatic carbocycles. The average Bonchev–Trinajstić information content (AvgIpc) is 3.22. The van der Waals surface area contributed by atoms with Crippen molar-refractivity contribution >= 4 is 40.9 Å². The number of thiazole rings is 1. The number of esters is 1. The van der Waals surface area contributed by atoms with Crippen molar-refractivity contribution < 1.29 is 19.1 Å². The van der Waals surface area contributed by atoms with Crippen LogP contribution in [0.25, 0.3) is 0 Å². The van der Waals surface area contributed by atoms with Crippen LogP contribution in [0.15, 0.2) is 34.5 Å². The Balaban J connectivity index is 1.51. The van der Waals surface area contributed by atoms with Gasteiger partial charge in [-0.2, -0.15) is 0 Å². The molecule has 1 aliphatic heterocycles. The molecule has 2 amide bonds. The molecular weight excluding hydrogens is 446 g/mol. The number of thioether (sulfide) groups is 1. The maximum absolute atomic E-state index is 12.8. The number of rotatable bonds is 8. The van der Waals surface area contributed by atoms with Crippen molar-refractivity contribution in [3.8, 4) is 0 Å². The van der Waals surface area contributed by atoms with Gasteiger partial charge in [-0.1, -0.05) is 0 Å². The Morgan fingerprint density at radius 3 is 2.69 bits per heavy atom. The minimum absolute atomic E-state index is 0.0198. The van der Waals surface area contributed by atoms with Gasteiger partial charge in [0.2, 0.25) is 5.91 Å². The summed E-state index contributed by atoms with van der Waals surface area (Å²) in [5, 5.41) is 3.11. The molecule has 1 fully saturated rings. The van der Waals surface area contributed by atoms with Crippen LogP contribution in [0.5, 0.6) is 0 Å². The summed E-state index contributed by atoms with van der Waals surface area (Å²) < 4.78 is 5.09. The van der Waals surface area contributed by atoms with Gasteiger partial charge in [-0.15, -0.1) is 23.1 Å². The Bertz CT molecular complexity index is 945. The third-order valence-corrected chi connectivity index (χ3v) is 7.14. The Kier molecular flexibility index (Phi) is 8.69. The highest BCUT2D eigenvalue weighted by Gasteiger charge is 2.30. The van der Waals surface area contributed by atoms with Gasteiger partial charge in [-0.3, -0.25) is 14.4 Å². The van der Waals surface area contributed by atoms with Gasteiger partial charge >= 0.3 is 5.97 Å². The predicted octanol–water partition coefficient (Wildman–Crippen LogP) is 3.62. The first kappa shape index (κ1) is 24.3. The van der Waals surface area contributed by atoms with Gasteiger partial charge in [0.05, 0.1) is 29.8 Å². The fourth-order valence-corrected chi connectivity index (χ4v) is 5.09. The number of carbonyl (C=O) groups is 3. The number of aromatic nitrogens is 1. The van der Waals surface area contributed by atoms with E-state index in [1.54, 1.807) is 54.1 Å². The van der Waals surface area contributed by atoms with Crippen molar-refractivity contribution in [1.82, 2.24) is 14.8 Å². The first-order chi connectivity index (χ1) is 15.4. The van der Waals surface area contributed by atoms with Crippen LogP contribution in [0.4, 0.5) is 0 Å². The second-order valence-electron chi connectivity index (χ2n) is 7.76. The number of ether oxygens (including phenoxy) is 1. The molecule has 9 heteroatoms. The van der Waals surface area contributed by atoms with E-state index >= 15 is 0 Å². The van der Waals surface area contributed by atoms with E-state index in [0.717, 1.165) is 34.2 Å². The lowest BCUT2D eigenvalue weighted by Gasteiger charge is -2.32. The molecule has 0 bridgehead atoms. The summed E-state index contributed by atoms with van der Waals surface area (Å²) in [4.78, 5) is 46.1. The maximum atomic E-state index is 12.8. The predicted molar refractivity (Wildman–Crippen MR) is 126 cm³/mol. The van der Waals surface area contributed by atoms with Crippen molar-refractivity contribution in [3.05, 3.63) is 45.9 Å². The number of benzene rings is 1. The Hall–Kier alpha value is -2.39. The number of likely N-dealkylation sites (N-methyl/N-ethyl adjacent to an activating group) is 1. The molecule has 0 saturated carbocycles. The highest BCUT2D eigenvalue weighted by atomic mass is 32.2. The van der Waals surface area contributed by atoms with E-state index in [-0.39, 0.29) is 30.2 Å². The van der Waals surface area contributed by atoms with E-state index in [1.165, 1.54) is 4.90 Å². The smallest absolute Gasteiger partial charge is 0.310 e. The molecule has 2 heterocycles. The molecule has 172 valence electrons. The minimum Gasteiger partial charge on any atom is -0.466 e. The van der Waals surface area contributed by atoms with E-state index in [2.05, 4.69) is 10.4 Å². The first-order valence-electron chi connectivity index (χ1n) is 10.7. The Morgan fingerprint density at radius 1 is 1.28 bits per heavy atom. The zero-order valence-corrected chi connectivity index (χ0v) is 20.3. The Labute approximate surface area is 197 Å². The van der Waals surface area contributed by atoms with Gasteiger partial charge in [0.15, 0.2) is 0 Å². The highest BCUT2D eigenvalue weighted by molar-refractivity contribution is 7.98. The lowest BCUT2D eigenvalue weighted by molar-refractivity contribution is -0.151. The summed E-state index contributed by atoms with van der Waals surface area (Å²) in [5.41, 5.74) is 1.59. The largest absolute Gasteiger partial charge is 0.466 e. The van der Waals surface area contributed by atoms with Crippen molar-refractivity contribution in [3.63, 3.8) is 0 Å². The second kappa shape index (κ2) is 11.5. The SMILES string of the molecule is CCOC(=O)C1CCCN(C(=O)CN(C)C(=O)c2ccc(SCc3csc(C)n3)cc2)C1. The molecule has 2 aromatic rings. The molecule has 32 heavy (non-hydrogen) atoms. The van der Waals surface area contributed by atoms with Crippen LogP contribution in [-0.4, -0.2) is 65.9 Å². The number of likely N-dealkylation sites (tertiary alicyclic amines) is 1. The highest BCUT2D eigenvalue weighted by Crippen LogP contribution is 2.24. The van der Waals surface area contributed by atoms with Crippen molar-refractivity contribution in [2.75, 3.05) is 33.3 Å². The number of aryl methyl sites for hydroxylation is 1. The average molecular weight is 476 g/mol. The van der Waals surface area contributed by atoms with Gasteiger partial charge in [0, 0.05) is 41.7 Å². The number of piperidine rings is 1. The van der Waals surface area contributed by atoms with Gasteiger partial charge in [0.25, 0.3) is 5.91 Å². The lowest BCUT2D eigenvalue weighted by Crippen LogP contribution is -2.47. The summed E-state index contributed by atoms with van der Waals surface area (Å²) in [6, 6.07) is 7.41. The first-order valence-corrected chi connectivity index (χ1v) is 12.6. The quantitative estimate of drug-likeness (QED) is 0.429. The molecular formula is C23H29N3O4S2. The normalized spacial score (nSPS) is 16.0. The van der Waals surface area contributed by atoms with Crippen molar-refractivity contribution in [2.45, 2.75) is 37.3 Å². The van der Waals surface area contributed by atoms with Crippen LogP contribution in [0.2, 0.25) is 0 Å². The molecule has 0 radical (unpaired) electrons. The minimum atomic E-state index is -0.285. The zero-order valence-electron chi connectivity index (χ0n) is 18.7. The van der Waals surface area contributed by atoms with Gasteiger partial charge in [-0.25, -0.2) is 4.98 Å². The fraction of sp³-hybridized carbons (Fsp3) is 0.478. The standard InChI is InChI=1S/C23H29N3O4S2/c1-4-30-23(29)18-6-5-11-26(12-18)21(27)13-25(3)22(28)17-7-9-20(10-8-17)32-15-19-14-31-16(2)24-19/h7-10,14,18H,4-6,11-13,15H2,1-3H3. The van der Waals surface area contributed by atoms with E-state index < -0.39 is 0 Å². The van der Waals surface area contributed by atoms with Gasteiger partial charge in [-0.05, 0) is 51.0 Å². The van der Waals surface area contributed by atoms with E-state index in [0.29, 0.717) is 25.3 Å². The number of carbonyl (C=O) groups excluding carboxylic acids is 3. The molecule has 7 nitrogen and oxygen atoms in total. The Morgan fingerprint density at radius 2 is 2.03 bits per heavy atom. The zero-order chi connectivity index (χ0) is 23.1. The molecule has 0 N–H and O–H groups in total. The molecule has 1 aromatic carbocycles. The molecule has 0 spiro atoms. The van der Waals surface area contributed by atoms with E-state index in [1.807, 2.05) is 19.1 Å². The fourth-order valence-electron chi connectivity index (χ4n) is 3.58. The van der Waals surface area contributed by atoms with Crippen LogP contribution < -0.4 is 0 Å². The summed E-state index contributed by atoms with van der Waals surface area (Å²) in [5.74, 6) is -0.108. The molecule has 1 aliphatic rings. The van der Waals surface area contributed by atoms with Gasteiger partial charge < -0.3 is 14.5 Å². The molecule has 3 rings (SSSR count). The van der Waals surface area contributed by atoms with Crippen molar-refractivity contribution in [2.24, 2.45) is 5.92 Å². The number of hydrogen-bond acceptors (Lipinski definition) is 7. The molecule has 1 aromatic heterocycles. The van der Waals surface area contributed by atoms with Crippen molar-refractivity contribution in [1.29, 1.82) is 0 Å². The summed E-state index contributed by atoms with van der Waals surface area (Å²) in [6.07, 6.45) is 1.48. The van der Waals surface area contributed by atoms with E-state index in [9.17, 15) is 14.4 Å². The summed E-state index contributed by atoms with van der Waals surface area (Å²) >= 11 is 3.31. The number of amides is 2. The number of hydrogen-bond donors (Lipinski definition) is 0. The van der Waals surface area contributed by atoms with Crippen LogP contribution in [0.3, 0.4) is 0 Å². The molecule has 1 saturated heterocycles. The maximum Gasteiger partial charge on any atom is 0.310 e. The second-order valence-corrected chi connectivity index (χ2v) is 9.87. The van der Waals surface area contributed by atoms with Crippen LogP contribution in [-0.2, 0) is 20.1 Å². The summed E-state index contributed by atoms with van der Waals surface area (Å²) in [6.45, 7) is 5.03. The third-order valence-electron chi connectivity index (χ3n) is 5.27. The van der Waals surface area contributed by atoms with Crippen LogP contribution in [0, 0.1) is 12.8 Å². The third kappa shape index (κ3) is 6.56. The monoisotopic (exact) mass is 475 g/mol. The van der Waals surface area contributed by atoms with Gasteiger partial charge in [0.1, 0.15) is 0 Å². The molecule has 1 atom stereocenters.